The van der Waals surface area contributed by atoms with Crippen LogP contribution in [0.25, 0.3) is 33.4 Å². The van der Waals surface area contributed by atoms with Gasteiger partial charge in [0.1, 0.15) is 23.2 Å². The SMILES string of the molecule is CCO[C@@H]1c2nc(cs2)-c2ccc3c(c2)c(c(-c2cc(N4CCN(C)CC4)cnc2[C@H](C)OC)n3CCOC(C)C)CC(C)(C)COC(=O)[C@@H]2CCCN(N2)C(=O)C1NC(=O)N1CC[C@H]1C. The summed E-state index contributed by atoms with van der Waals surface area (Å²) in [6.45, 7) is 20.4. The fourth-order valence-electron chi connectivity index (χ4n) is 9.53. The molecule has 2 N–H and O–H groups in total. The predicted molar refractivity (Wildman–Crippen MR) is 256 cm³/mol. The number of nitrogens with zero attached hydrogens (tertiary/aromatic N) is 7. The first-order chi connectivity index (χ1) is 31.7. The van der Waals surface area contributed by atoms with Gasteiger partial charge in [0.05, 0.1) is 54.4 Å². The van der Waals surface area contributed by atoms with Crippen LogP contribution in [-0.4, -0.2) is 145 Å². The normalized spacial score (nSPS) is 23.5. The summed E-state index contributed by atoms with van der Waals surface area (Å²) in [5.74, 6) is -0.834. The average molecular weight is 928 g/mol. The Morgan fingerprint density at radius 1 is 1.08 bits per heavy atom. The summed E-state index contributed by atoms with van der Waals surface area (Å²) in [5.41, 5.74) is 10.3. The highest BCUT2D eigenvalue weighted by atomic mass is 32.1. The Hall–Kier alpha value is -4.65. The highest BCUT2D eigenvalue weighted by Gasteiger charge is 2.42. The summed E-state index contributed by atoms with van der Waals surface area (Å²) < 4.78 is 27.2. The Morgan fingerprint density at radius 2 is 1.86 bits per heavy atom. The average Bonchev–Trinajstić information content (AvgIpc) is 3.90. The standard InChI is InChI=1S/C49H69N9O7S/c1-10-63-44-42(52-48(61)56-17-15-31(56)4)46(59)58-16-11-12-38(53-58)47(60)65-29-49(6,7)26-37-35-24-33(39-28-66-45(44)51-39)13-14-40(35)57(22-23-64-30(2)3)43(37)36-25-34(27-50-41(36)32(5)62-9)55-20-18-54(8)19-21-55/h13-14,24-25,27-28,30-32,38,42,44,53H,10-12,15-23,26,29H2,1-9H3,(H,52,61)/t31-,32+,38+,42?,44+/m1/s1. The number of carbonyl (C=O) groups excluding carboxylic acids is 3. The Bertz CT molecular complexity index is 2380. The molecule has 3 fully saturated rings. The molecule has 8 rings (SSSR count). The highest BCUT2D eigenvalue weighted by molar-refractivity contribution is 7.10. The third-order valence-corrected chi connectivity index (χ3v) is 14.4. The van der Waals surface area contributed by atoms with Crippen molar-refractivity contribution in [2.75, 3.05) is 78.1 Å². The van der Waals surface area contributed by atoms with Crippen molar-refractivity contribution < 1.29 is 33.3 Å². The summed E-state index contributed by atoms with van der Waals surface area (Å²) in [5, 5.41) is 8.10. The lowest BCUT2D eigenvalue weighted by molar-refractivity contribution is -0.156. The molecule has 4 aliphatic rings. The highest BCUT2D eigenvalue weighted by Crippen LogP contribution is 2.43. The number of carbonyl (C=O) groups is 3. The molecule has 5 atom stereocenters. The predicted octanol–water partition coefficient (Wildman–Crippen LogP) is 6.58. The third kappa shape index (κ3) is 10.1. The Kier molecular flexibility index (Phi) is 14.7. The molecule has 1 aromatic carbocycles. The Morgan fingerprint density at radius 3 is 2.56 bits per heavy atom. The smallest absolute Gasteiger partial charge is 0.324 e. The van der Waals surface area contributed by atoms with E-state index in [1.165, 1.54) is 16.3 Å². The Labute approximate surface area is 393 Å². The number of hydrazine groups is 1. The number of likely N-dealkylation sites (tertiary alicyclic amines) is 1. The van der Waals surface area contributed by atoms with Crippen LogP contribution in [0, 0.1) is 5.41 Å². The number of hydrogen-bond acceptors (Lipinski definition) is 13. The van der Waals surface area contributed by atoms with E-state index in [0.29, 0.717) is 50.5 Å². The molecule has 0 aliphatic carbocycles. The van der Waals surface area contributed by atoms with E-state index in [2.05, 4.69) is 84.1 Å². The van der Waals surface area contributed by atoms with Gasteiger partial charge in [-0.1, -0.05) is 19.9 Å². The van der Waals surface area contributed by atoms with Gasteiger partial charge in [-0.3, -0.25) is 19.6 Å². The van der Waals surface area contributed by atoms with Gasteiger partial charge >= 0.3 is 12.0 Å². The summed E-state index contributed by atoms with van der Waals surface area (Å²) in [7, 11) is 3.88. The van der Waals surface area contributed by atoms with Gasteiger partial charge in [0, 0.05) is 98.4 Å². The molecule has 66 heavy (non-hydrogen) atoms. The maximum absolute atomic E-state index is 14.7. The number of piperazine rings is 1. The fraction of sp³-hybridized carbons (Fsp3) is 0.612. The van der Waals surface area contributed by atoms with Gasteiger partial charge < -0.3 is 43.5 Å². The van der Waals surface area contributed by atoms with E-state index >= 15 is 0 Å². The van der Waals surface area contributed by atoms with E-state index in [9.17, 15) is 14.4 Å². The molecular formula is C49H69N9O7S. The number of likely N-dealkylation sites (N-methyl/N-ethyl adjacent to an activating group) is 1. The lowest BCUT2D eigenvalue weighted by atomic mass is 9.84. The number of esters is 1. The molecule has 0 radical (unpaired) electrons. The van der Waals surface area contributed by atoms with Crippen LogP contribution in [0.2, 0.25) is 0 Å². The number of benzene rings is 1. The zero-order valence-corrected chi connectivity index (χ0v) is 41.0. The van der Waals surface area contributed by atoms with E-state index in [-0.39, 0.29) is 37.5 Å². The molecule has 16 nitrogen and oxygen atoms in total. The number of amides is 3. The van der Waals surface area contributed by atoms with E-state index in [4.69, 9.17) is 28.9 Å². The maximum atomic E-state index is 14.7. The van der Waals surface area contributed by atoms with Crippen molar-refractivity contribution in [2.45, 2.75) is 117 Å². The number of rotatable bonds is 11. The number of hydrogen-bond donors (Lipinski definition) is 2. The number of aromatic nitrogens is 3. The molecule has 0 saturated carbocycles. The monoisotopic (exact) mass is 928 g/mol. The molecule has 3 aromatic heterocycles. The van der Waals surface area contributed by atoms with Crippen LogP contribution in [0.15, 0.2) is 35.8 Å². The molecule has 4 aliphatic heterocycles. The molecule has 17 heteroatoms. The minimum absolute atomic E-state index is 0.0462. The van der Waals surface area contributed by atoms with E-state index in [1.807, 2.05) is 32.3 Å². The second-order valence-electron chi connectivity index (χ2n) is 19.4. The molecule has 0 spiro atoms. The number of fused-ring (bicyclic) bond motifs is 6. The van der Waals surface area contributed by atoms with Gasteiger partial charge in [-0.25, -0.2) is 15.2 Å². The summed E-state index contributed by atoms with van der Waals surface area (Å²) in [6, 6.07) is 6.59. The second kappa shape index (κ2) is 20.3. The molecule has 3 saturated heterocycles. The molecule has 3 amide bonds. The van der Waals surface area contributed by atoms with Crippen LogP contribution < -0.4 is 15.6 Å². The molecule has 1 unspecified atom stereocenters. The summed E-state index contributed by atoms with van der Waals surface area (Å²) in [4.78, 5) is 59.3. The van der Waals surface area contributed by atoms with Gasteiger partial charge in [0.15, 0.2) is 0 Å². The topological polar surface area (TPSA) is 156 Å². The quantitative estimate of drug-likeness (QED) is 0.156. The number of anilines is 1. The summed E-state index contributed by atoms with van der Waals surface area (Å²) in [6.07, 6.45) is 3.33. The van der Waals surface area contributed by atoms with E-state index in [1.54, 1.807) is 12.0 Å². The van der Waals surface area contributed by atoms with E-state index < -0.39 is 35.5 Å². The van der Waals surface area contributed by atoms with Crippen molar-refractivity contribution in [3.63, 3.8) is 0 Å². The van der Waals surface area contributed by atoms with Crippen molar-refractivity contribution in [2.24, 2.45) is 5.41 Å². The lowest BCUT2D eigenvalue weighted by Crippen LogP contribution is -2.63. The van der Waals surface area contributed by atoms with E-state index in [0.717, 1.165) is 83.0 Å². The number of urea groups is 1. The number of nitrogens with one attached hydrogen (secondary N) is 2. The van der Waals surface area contributed by atoms with Crippen molar-refractivity contribution in [1.29, 1.82) is 0 Å². The number of ether oxygens (including phenoxy) is 4. The number of methoxy groups -OCH3 is 1. The van der Waals surface area contributed by atoms with Crippen molar-refractivity contribution >= 4 is 45.8 Å². The van der Waals surface area contributed by atoms with Crippen LogP contribution in [0.3, 0.4) is 0 Å². The maximum Gasteiger partial charge on any atom is 0.324 e. The first-order valence-corrected chi connectivity index (χ1v) is 24.7. The lowest BCUT2D eigenvalue weighted by Gasteiger charge is -2.41. The summed E-state index contributed by atoms with van der Waals surface area (Å²) >= 11 is 1.40. The van der Waals surface area contributed by atoms with Crippen molar-refractivity contribution in [1.82, 2.24) is 40.1 Å². The van der Waals surface area contributed by atoms with Crippen molar-refractivity contribution in [3.05, 3.63) is 52.1 Å². The van der Waals surface area contributed by atoms with Crippen LogP contribution in [-0.2, 0) is 41.5 Å². The number of pyridine rings is 1. The van der Waals surface area contributed by atoms with Gasteiger partial charge in [-0.05, 0) is 91.1 Å². The molecular weight excluding hydrogens is 859 g/mol. The molecule has 358 valence electrons. The molecule has 4 aromatic rings. The zero-order chi connectivity index (χ0) is 46.9. The van der Waals surface area contributed by atoms with Crippen LogP contribution in [0.4, 0.5) is 10.5 Å². The number of cyclic esters (lactones) is 1. The second-order valence-corrected chi connectivity index (χ2v) is 20.3. The Balaban J connectivity index is 1.32. The van der Waals surface area contributed by atoms with Crippen LogP contribution >= 0.6 is 11.3 Å². The van der Waals surface area contributed by atoms with Crippen LogP contribution in [0.1, 0.15) is 96.2 Å². The first-order valence-electron chi connectivity index (χ1n) is 23.8. The van der Waals surface area contributed by atoms with Crippen LogP contribution in [0.5, 0.6) is 0 Å². The minimum atomic E-state index is -1.12. The molecule has 7 heterocycles. The largest absolute Gasteiger partial charge is 0.464 e. The first kappa shape index (κ1) is 47.8. The van der Waals surface area contributed by atoms with Gasteiger partial charge in [-0.15, -0.1) is 11.3 Å². The minimum Gasteiger partial charge on any atom is -0.464 e. The third-order valence-electron chi connectivity index (χ3n) is 13.5. The van der Waals surface area contributed by atoms with Gasteiger partial charge in [0.2, 0.25) is 0 Å². The zero-order valence-electron chi connectivity index (χ0n) is 40.2. The molecule has 6 bridgehead atoms. The van der Waals surface area contributed by atoms with Gasteiger partial charge in [0.25, 0.3) is 5.91 Å². The van der Waals surface area contributed by atoms with Gasteiger partial charge in [-0.2, -0.15) is 0 Å². The fourth-order valence-corrected chi connectivity index (χ4v) is 10.4. The van der Waals surface area contributed by atoms with Crippen molar-refractivity contribution in [3.8, 4) is 22.5 Å². The number of thiazole rings is 1.